The average Bonchev–Trinajstić information content (AvgIpc) is 2.03. The Morgan fingerprint density at radius 1 is 1.17 bits per heavy atom. The van der Waals surface area contributed by atoms with Crippen LogP contribution in [0.2, 0.25) is 0 Å². The van der Waals surface area contributed by atoms with E-state index in [2.05, 4.69) is 0 Å². The van der Waals surface area contributed by atoms with Crippen molar-refractivity contribution in [1.29, 1.82) is 0 Å². The number of alkyl halides is 3. The van der Waals surface area contributed by atoms with Crippen molar-refractivity contribution in [2.24, 2.45) is 0 Å². The first-order valence-electron chi connectivity index (χ1n) is 3.17. The topological polar surface area (TPSA) is 0 Å². The molecule has 0 aliphatic rings. The lowest BCUT2D eigenvalue weighted by molar-refractivity contribution is 1.24. The fourth-order valence-electron chi connectivity index (χ4n) is 0.858. The molecule has 0 nitrogen and oxygen atoms in total. The van der Waals surface area contributed by atoms with E-state index in [1.54, 1.807) is 12.1 Å². The highest BCUT2D eigenvalue weighted by Gasteiger charge is 2.24. The third-order valence-electron chi connectivity index (χ3n) is 1.39. The van der Waals surface area contributed by atoms with Gasteiger partial charge in [0.1, 0.15) is 0 Å². The summed E-state index contributed by atoms with van der Waals surface area (Å²) in [4.78, 5) is 0. The predicted octanol–water partition coefficient (Wildman–Crippen LogP) is 3.86. The second-order valence-electron chi connectivity index (χ2n) is 2.20. The van der Waals surface area contributed by atoms with Gasteiger partial charge in [-0.1, -0.05) is 71.3 Å². The van der Waals surface area contributed by atoms with Crippen molar-refractivity contribution in [3.63, 3.8) is 0 Å². The van der Waals surface area contributed by atoms with Gasteiger partial charge in [0.25, 0.3) is 0 Å². The zero-order chi connectivity index (χ0) is 9.19. The first kappa shape index (κ1) is 10.3. The molecule has 0 amide bonds. The van der Waals surface area contributed by atoms with Crippen molar-refractivity contribution >= 4 is 52.4 Å². The summed E-state index contributed by atoms with van der Waals surface area (Å²) in [6.45, 7) is 0. The molecule has 0 aromatic heterocycles. The van der Waals surface area contributed by atoms with Crippen LogP contribution in [0.5, 0.6) is 0 Å². The summed E-state index contributed by atoms with van der Waals surface area (Å²) >= 11 is 21.9. The van der Waals surface area contributed by atoms with Crippen molar-refractivity contribution in [2.75, 3.05) is 0 Å². The largest absolute Gasteiger partial charge is 0.216 e. The van der Waals surface area contributed by atoms with Crippen LogP contribution < -0.4 is 0 Å². The molecule has 1 rings (SSSR count). The highest BCUT2D eigenvalue weighted by molar-refractivity contribution is 7.79. The van der Waals surface area contributed by atoms with Gasteiger partial charge in [0.15, 0.2) is 0 Å². The summed E-state index contributed by atoms with van der Waals surface area (Å²) in [5, 5.41) is 1.50. The van der Waals surface area contributed by atoms with Crippen molar-refractivity contribution < 1.29 is 0 Å². The van der Waals surface area contributed by atoms with Crippen LogP contribution in [0.1, 0.15) is 11.1 Å². The normalized spacial score (nSPS) is 11.2. The molecule has 0 heterocycles. The Hall–Kier alpha value is 0.180. The number of hydrogen-bond acceptors (Lipinski definition) is 1. The Morgan fingerprint density at radius 3 is 2.17 bits per heavy atom. The van der Waals surface area contributed by atoms with E-state index in [0.29, 0.717) is 5.56 Å². The quantitative estimate of drug-likeness (QED) is 0.530. The van der Waals surface area contributed by atoms with Gasteiger partial charge in [-0.05, 0) is 5.56 Å². The number of benzene rings is 1. The molecule has 0 aliphatic heterocycles. The minimum absolute atomic E-state index is 0.616. The molecule has 1 aromatic rings. The molecule has 0 saturated carbocycles. The molecule has 4 heteroatoms. The summed E-state index contributed by atoms with van der Waals surface area (Å²) in [6, 6.07) is 7.20. The molecule has 0 N–H and O–H groups in total. The Kier molecular flexibility index (Phi) is 3.36. The Balaban J connectivity index is 3.23. The Morgan fingerprint density at radius 2 is 1.75 bits per heavy atom. The molecule has 0 fully saturated rings. The molecule has 0 saturated heterocycles. The molecular weight excluding hydrogens is 235 g/mol. The van der Waals surface area contributed by atoms with E-state index in [1.165, 1.54) is 5.37 Å². The number of rotatable bonds is 1. The van der Waals surface area contributed by atoms with Crippen LogP contribution in [-0.4, -0.2) is 5.37 Å². The zero-order valence-electron chi connectivity index (χ0n) is 5.93. The standard InChI is InChI=1S/C8H5Cl3S/c9-8(10,11)7-4-2-1-3-6(7)5-12/h1-5H. The lowest BCUT2D eigenvalue weighted by Crippen LogP contribution is -2.03. The van der Waals surface area contributed by atoms with Crippen LogP contribution in [0.15, 0.2) is 24.3 Å². The Labute approximate surface area is 91.4 Å². The summed E-state index contributed by atoms with van der Waals surface area (Å²) in [5.74, 6) is 0. The van der Waals surface area contributed by atoms with Gasteiger partial charge in [-0.15, -0.1) is 0 Å². The van der Waals surface area contributed by atoms with Crippen LogP contribution in [0, 0.1) is 0 Å². The van der Waals surface area contributed by atoms with Crippen molar-refractivity contribution in [2.45, 2.75) is 3.79 Å². The minimum atomic E-state index is -1.40. The maximum absolute atomic E-state index is 5.71. The molecule has 0 unspecified atom stereocenters. The molecule has 0 aliphatic carbocycles. The van der Waals surface area contributed by atoms with E-state index in [4.69, 9.17) is 47.0 Å². The number of hydrogen-bond donors (Lipinski definition) is 0. The highest BCUT2D eigenvalue weighted by atomic mass is 35.6. The molecule has 12 heavy (non-hydrogen) atoms. The summed E-state index contributed by atoms with van der Waals surface area (Å²) in [6.07, 6.45) is 0. The minimum Gasteiger partial charge on any atom is -0.0881 e. The lowest BCUT2D eigenvalue weighted by atomic mass is 10.1. The van der Waals surface area contributed by atoms with Crippen LogP contribution >= 0.6 is 47.0 Å². The Bertz CT molecular complexity index is 291. The molecule has 0 bridgehead atoms. The third kappa shape index (κ3) is 2.33. The average molecular weight is 240 g/mol. The maximum Gasteiger partial charge on any atom is 0.216 e. The smallest absolute Gasteiger partial charge is 0.0881 e. The molecule has 64 valence electrons. The second-order valence-corrected chi connectivity index (χ2v) is 4.72. The third-order valence-corrected chi connectivity index (χ3v) is 2.26. The van der Waals surface area contributed by atoms with Gasteiger partial charge in [0, 0.05) is 10.9 Å². The molecule has 0 spiro atoms. The van der Waals surface area contributed by atoms with Crippen LogP contribution in [-0.2, 0) is 3.79 Å². The van der Waals surface area contributed by atoms with Crippen molar-refractivity contribution in [3.05, 3.63) is 35.4 Å². The van der Waals surface area contributed by atoms with E-state index in [1.807, 2.05) is 12.1 Å². The molecular formula is C8H5Cl3S. The summed E-state index contributed by atoms with van der Waals surface area (Å²) < 4.78 is -1.40. The van der Waals surface area contributed by atoms with Crippen LogP contribution in [0.25, 0.3) is 0 Å². The van der Waals surface area contributed by atoms with Gasteiger partial charge >= 0.3 is 0 Å². The molecule has 0 radical (unpaired) electrons. The van der Waals surface area contributed by atoms with E-state index < -0.39 is 3.79 Å². The van der Waals surface area contributed by atoms with Gasteiger partial charge in [-0.2, -0.15) is 0 Å². The zero-order valence-corrected chi connectivity index (χ0v) is 9.01. The summed E-state index contributed by atoms with van der Waals surface area (Å²) in [5.41, 5.74) is 1.39. The van der Waals surface area contributed by atoms with Gasteiger partial charge in [0.05, 0.1) is 0 Å². The van der Waals surface area contributed by atoms with Crippen molar-refractivity contribution in [1.82, 2.24) is 0 Å². The van der Waals surface area contributed by atoms with E-state index in [0.717, 1.165) is 5.56 Å². The van der Waals surface area contributed by atoms with Crippen LogP contribution in [0.4, 0.5) is 0 Å². The van der Waals surface area contributed by atoms with Crippen molar-refractivity contribution in [3.8, 4) is 0 Å². The lowest BCUT2D eigenvalue weighted by Gasteiger charge is -2.13. The van der Waals surface area contributed by atoms with Gasteiger partial charge in [-0.25, -0.2) is 0 Å². The SMILES string of the molecule is S=Cc1ccccc1C(Cl)(Cl)Cl. The van der Waals surface area contributed by atoms with E-state index in [-0.39, 0.29) is 0 Å². The fourth-order valence-corrected chi connectivity index (χ4v) is 1.58. The maximum atomic E-state index is 5.71. The molecule has 0 atom stereocenters. The van der Waals surface area contributed by atoms with Crippen LogP contribution in [0.3, 0.4) is 0 Å². The first-order chi connectivity index (χ1) is 5.55. The fraction of sp³-hybridized carbons (Fsp3) is 0.125. The predicted molar refractivity (Wildman–Crippen MR) is 58.4 cm³/mol. The van der Waals surface area contributed by atoms with Gasteiger partial charge < -0.3 is 0 Å². The monoisotopic (exact) mass is 238 g/mol. The van der Waals surface area contributed by atoms with E-state index in [9.17, 15) is 0 Å². The molecule has 1 aromatic carbocycles. The number of halogens is 3. The summed E-state index contributed by atoms with van der Waals surface area (Å²) in [7, 11) is 0. The second kappa shape index (κ2) is 3.93. The highest BCUT2D eigenvalue weighted by Crippen LogP contribution is 2.39. The van der Waals surface area contributed by atoms with Gasteiger partial charge in [0.2, 0.25) is 3.79 Å². The number of thiocarbonyl (C=S) groups is 1. The first-order valence-corrected chi connectivity index (χ1v) is 4.77. The van der Waals surface area contributed by atoms with E-state index >= 15 is 0 Å². The van der Waals surface area contributed by atoms with Gasteiger partial charge in [-0.3, -0.25) is 0 Å².